The molecule has 25 aromatic rings. The van der Waals surface area contributed by atoms with Gasteiger partial charge in [-0.3, -0.25) is 0 Å². The maximum atomic E-state index is 6.21. The molecule has 4 aliphatic rings. The summed E-state index contributed by atoms with van der Waals surface area (Å²) in [6, 6.07) is 185. The topological polar surface area (TPSA) is 37.7 Å². The lowest BCUT2D eigenvalue weighted by molar-refractivity contribution is 0.668. The molecule has 2 atom stereocenters. The Morgan fingerprint density at radius 1 is 0.182 bits per heavy atom. The number of hydrogen-bond donors (Lipinski definition) is 0. The van der Waals surface area contributed by atoms with Crippen LogP contribution in [0.4, 0.5) is 34.1 Å². The van der Waals surface area contributed by atoms with Crippen LogP contribution in [-0.2, 0) is 10.8 Å². The lowest BCUT2D eigenvalue weighted by atomic mass is 9.70. The maximum absolute atomic E-state index is 6.21. The van der Waals surface area contributed by atoms with Crippen LogP contribution < -0.4 is 9.80 Å². The summed E-state index contributed by atoms with van der Waals surface area (Å²) in [7, 11) is 0. The zero-order valence-corrected chi connectivity index (χ0v) is 78.1. The molecular formula is C138H89N3O2. The Hall–Kier alpha value is -18.7. The van der Waals surface area contributed by atoms with E-state index in [-0.39, 0.29) is 0 Å². The minimum atomic E-state index is -0.550. The fourth-order valence-electron chi connectivity index (χ4n) is 24.1. The van der Waals surface area contributed by atoms with Crippen LogP contribution in [0.25, 0.3) is 195 Å². The van der Waals surface area contributed by atoms with E-state index >= 15 is 0 Å². The van der Waals surface area contributed by atoms with Crippen molar-refractivity contribution in [2.24, 2.45) is 0 Å². The molecule has 2 unspecified atom stereocenters. The monoisotopic (exact) mass is 1820 g/mol. The highest BCUT2D eigenvalue weighted by Gasteiger charge is 2.54. The van der Waals surface area contributed by atoms with Crippen molar-refractivity contribution in [2.75, 3.05) is 9.80 Å². The van der Waals surface area contributed by atoms with Crippen LogP contribution >= 0.6 is 0 Å². The molecule has 4 aliphatic carbocycles. The van der Waals surface area contributed by atoms with Gasteiger partial charge in [-0.25, -0.2) is 0 Å². The quantitative estimate of drug-likeness (QED) is 0.103. The van der Waals surface area contributed by atoms with Crippen molar-refractivity contribution in [1.82, 2.24) is 4.57 Å². The van der Waals surface area contributed by atoms with Gasteiger partial charge in [0.05, 0.1) is 21.9 Å². The van der Waals surface area contributed by atoms with Crippen LogP contribution in [0.15, 0.2) is 526 Å². The van der Waals surface area contributed by atoms with Crippen molar-refractivity contribution < 1.29 is 8.83 Å². The number of fused-ring (bicyclic) bond motifs is 29. The van der Waals surface area contributed by atoms with Gasteiger partial charge in [0.15, 0.2) is 0 Å². The van der Waals surface area contributed by atoms with Gasteiger partial charge in [0.25, 0.3) is 0 Å². The Morgan fingerprint density at radius 3 is 0.888 bits per heavy atom. The molecule has 0 aliphatic heterocycles. The third-order valence-corrected chi connectivity index (χ3v) is 30.6. The lowest BCUT2D eigenvalue weighted by Crippen LogP contribution is -2.26. The van der Waals surface area contributed by atoms with Gasteiger partial charge in [-0.05, 0) is 331 Å². The molecule has 668 valence electrons. The first-order valence-electron chi connectivity index (χ1n) is 49.2. The number of rotatable bonds is 15. The van der Waals surface area contributed by atoms with Crippen molar-refractivity contribution in [1.29, 1.82) is 0 Å². The molecule has 0 fully saturated rings. The molecule has 2 spiro atoms. The number of anilines is 6. The number of nitrogens with zero attached hydrogens (tertiary/aromatic N) is 3. The molecule has 143 heavy (non-hydrogen) atoms. The summed E-state index contributed by atoms with van der Waals surface area (Å²) in [5, 5.41) is 6.98. The molecule has 0 saturated heterocycles. The summed E-state index contributed by atoms with van der Waals surface area (Å²) in [5.41, 5.74) is 49.5. The number of hydrogen-bond acceptors (Lipinski definition) is 4. The van der Waals surface area contributed by atoms with E-state index in [1.807, 2.05) is 36.4 Å². The number of benzene rings is 22. The van der Waals surface area contributed by atoms with Crippen molar-refractivity contribution in [3.63, 3.8) is 0 Å². The lowest BCUT2D eigenvalue weighted by Gasteiger charge is -2.32. The zero-order chi connectivity index (χ0) is 94.5. The van der Waals surface area contributed by atoms with Crippen LogP contribution in [0.1, 0.15) is 55.6 Å². The summed E-state index contributed by atoms with van der Waals surface area (Å²) < 4.78 is 14.8. The van der Waals surface area contributed by atoms with Crippen LogP contribution in [0.2, 0.25) is 0 Å². The van der Waals surface area contributed by atoms with Crippen molar-refractivity contribution in [3.8, 4) is 117 Å². The molecule has 29 rings (SSSR count). The average Bonchev–Trinajstić information content (AvgIpc) is 1.51. The number of aromatic nitrogens is 1. The number of furan rings is 2. The summed E-state index contributed by atoms with van der Waals surface area (Å²) >= 11 is 0. The summed E-state index contributed by atoms with van der Waals surface area (Å²) in [4.78, 5) is 4.86. The molecule has 0 saturated carbocycles. The molecule has 5 nitrogen and oxygen atoms in total. The largest absolute Gasteiger partial charge is 0.456 e. The molecule has 22 aromatic carbocycles. The standard InChI is InChI=1S/C69H46N2.C69H43NO2/c1-2-46-16-15-19-50(42-46)52-32-39-59-57-22-9-12-25-63(57)69(65(59)44-52)64-26-13-10-23-58(64)60-40-38-56(45-66(60)69)70(54-34-28-48(29-35-54)47-17-5-3-6-18-47)55-36-30-49(31-37-55)51-33-41-68-62(43-51)61-24-11-14-27-67(61)71(68)53-20-7-4-8-21-53;1-2-43-12-11-13-46(38-43)49-26-34-55-53-14-3-7-18-61(53)69(63(55)41-49)62-19-8-4-15-54(62)56-35-33-52(42-64(56)69)70(50-29-22-44(23-30-50)47-27-36-67-59(39-47)57-16-5-9-20-65(57)71-67)51-31-24-45(25-32-51)48-28-37-68-60(40-48)58-17-6-10-21-66(58)72-68/h2-45H,1H2;2-42H,1H2. The third-order valence-electron chi connectivity index (χ3n) is 30.6. The molecule has 3 aromatic heterocycles. The second-order valence-corrected chi connectivity index (χ2v) is 38.1. The Balaban J connectivity index is 0.000000139. The van der Waals surface area contributed by atoms with Gasteiger partial charge in [0, 0.05) is 72.1 Å². The summed E-state index contributed by atoms with van der Waals surface area (Å²) in [6.45, 7) is 8.17. The van der Waals surface area contributed by atoms with Gasteiger partial charge in [-0.1, -0.05) is 365 Å². The second-order valence-electron chi connectivity index (χ2n) is 38.1. The zero-order valence-electron chi connectivity index (χ0n) is 78.1. The SMILES string of the molecule is C=Cc1cccc(-c2ccc3c(c2)C2(c4ccccc4-3)c3ccccc3-c3ccc(N(c4ccc(-c5ccc6oc7ccccc7c6c5)cc4)c4ccc(-c5ccc6oc7ccccc7c6c5)cc4)cc32)c1.C=Cc1cccc(-c2ccc3c(c2)C2(c4ccccc4-3)c3ccccc3-c3ccc(N(c4ccc(-c5ccccc5)cc4)c4ccc(-c5ccc6c(c5)c5ccccc5n6-c5ccccc5)cc4)cc32)c1. The summed E-state index contributed by atoms with van der Waals surface area (Å²) in [5.74, 6) is 0. The van der Waals surface area contributed by atoms with E-state index in [9.17, 15) is 0 Å². The molecule has 5 heteroatoms. The minimum Gasteiger partial charge on any atom is -0.456 e. The second kappa shape index (κ2) is 33.0. The van der Waals surface area contributed by atoms with Gasteiger partial charge in [0.1, 0.15) is 22.3 Å². The van der Waals surface area contributed by atoms with Crippen molar-refractivity contribution in [3.05, 3.63) is 572 Å². The van der Waals surface area contributed by atoms with Gasteiger partial charge in [-0.2, -0.15) is 0 Å². The highest BCUT2D eigenvalue weighted by atomic mass is 16.3. The van der Waals surface area contributed by atoms with E-state index in [0.717, 1.165) is 117 Å². The Bertz CT molecular complexity index is 9330. The van der Waals surface area contributed by atoms with Gasteiger partial charge in [-0.15, -0.1) is 0 Å². The van der Waals surface area contributed by atoms with Gasteiger partial charge in [0.2, 0.25) is 0 Å². The Morgan fingerprint density at radius 2 is 0.462 bits per heavy atom. The normalized spacial score (nSPS) is 14.1. The Kier molecular flexibility index (Phi) is 19.1. The van der Waals surface area contributed by atoms with Crippen LogP contribution in [0, 0.1) is 0 Å². The van der Waals surface area contributed by atoms with E-state index < -0.39 is 10.8 Å². The predicted molar refractivity (Wildman–Crippen MR) is 597 cm³/mol. The maximum Gasteiger partial charge on any atom is 0.135 e. The first-order valence-corrected chi connectivity index (χ1v) is 49.2. The first kappa shape index (κ1) is 82.6. The predicted octanol–water partition coefficient (Wildman–Crippen LogP) is 37.2. The van der Waals surface area contributed by atoms with E-state index in [1.165, 1.54) is 155 Å². The van der Waals surface area contributed by atoms with Crippen LogP contribution in [0.3, 0.4) is 0 Å². The third kappa shape index (κ3) is 13.0. The number of para-hydroxylation sites is 4. The molecule has 3 heterocycles. The minimum absolute atomic E-state index is 0.533. The fourth-order valence-corrected chi connectivity index (χ4v) is 24.1. The summed E-state index contributed by atoms with van der Waals surface area (Å²) in [6.07, 6.45) is 3.86. The molecule has 0 radical (unpaired) electrons. The highest BCUT2D eigenvalue weighted by Crippen LogP contribution is 2.67. The van der Waals surface area contributed by atoms with Crippen molar-refractivity contribution >= 4 is 112 Å². The fraction of sp³-hybridized carbons (Fsp3) is 0.0145. The van der Waals surface area contributed by atoms with E-state index in [1.54, 1.807) is 0 Å². The van der Waals surface area contributed by atoms with Gasteiger partial charge < -0.3 is 23.2 Å². The van der Waals surface area contributed by atoms with E-state index in [2.05, 4.69) is 507 Å². The van der Waals surface area contributed by atoms with E-state index in [0.29, 0.717) is 0 Å². The smallest absolute Gasteiger partial charge is 0.135 e. The molecular weight excluding hydrogens is 1730 g/mol. The molecule has 0 bridgehead atoms. The van der Waals surface area contributed by atoms with Gasteiger partial charge >= 0.3 is 0 Å². The highest BCUT2D eigenvalue weighted by molar-refractivity contribution is 6.12. The molecule has 0 amide bonds. The van der Waals surface area contributed by atoms with Crippen LogP contribution in [-0.4, -0.2) is 4.57 Å². The van der Waals surface area contributed by atoms with Crippen molar-refractivity contribution in [2.45, 2.75) is 10.8 Å². The van der Waals surface area contributed by atoms with E-state index in [4.69, 9.17) is 8.83 Å². The first-order chi connectivity index (χ1) is 70.8. The Labute approximate surface area is 829 Å². The molecule has 0 N–H and O–H groups in total. The van der Waals surface area contributed by atoms with Crippen LogP contribution in [0.5, 0.6) is 0 Å². The average molecular weight is 1820 g/mol.